The number of primary amides is 1. The minimum atomic E-state index is -4.32. The fourth-order valence-electron chi connectivity index (χ4n) is 4.57. The fraction of sp³-hybridized carbons (Fsp3) is 0.292. The molecule has 1 aromatic carbocycles. The molecule has 1 aliphatic rings. The average molecular weight is 502 g/mol. The summed E-state index contributed by atoms with van der Waals surface area (Å²) in [6.45, 7) is 6.65. The second-order valence-corrected chi connectivity index (χ2v) is 11.1. The van der Waals surface area contributed by atoms with Crippen LogP contribution in [0.5, 0.6) is 0 Å². The van der Waals surface area contributed by atoms with Crippen molar-refractivity contribution in [2.24, 2.45) is 11.7 Å². The Morgan fingerprint density at radius 1 is 1.17 bits per heavy atom. The van der Waals surface area contributed by atoms with Gasteiger partial charge in [0.2, 0.25) is 9.84 Å². The molecule has 11 heteroatoms. The molecule has 1 amide bonds. The lowest BCUT2D eigenvalue weighted by Crippen LogP contribution is -2.40. The van der Waals surface area contributed by atoms with Crippen molar-refractivity contribution in [3.05, 3.63) is 65.9 Å². The third-order valence-corrected chi connectivity index (χ3v) is 7.59. The third kappa shape index (κ3) is 4.81. The number of halogens is 2. The smallest absolute Gasteiger partial charge is 0.253 e. The Morgan fingerprint density at radius 2 is 1.86 bits per heavy atom. The highest BCUT2D eigenvalue weighted by molar-refractivity contribution is 7.91. The highest BCUT2D eigenvalue weighted by Crippen LogP contribution is 2.39. The number of anilines is 3. The number of rotatable bonds is 6. The number of sulfone groups is 1. The maximum absolute atomic E-state index is 13.6. The van der Waals surface area contributed by atoms with Gasteiger partial charge in [-0.15, -0.1) is 0 Å². The van der Waals surface area contributed by atoms with E-state index < -0.39 is 27.4 Å². The van der Waals surface area contributed by atoms with Crippen molar-refractivity contribution < 1.29 is 22.0 Å². The second kappa shape index (κ2) is 8.88. The molecule has 0 bridgehead atoms. The minimum Gasteiger partial charge on any atom is -0.365 e. The van der Waals surface area contributed by atoms with Crippen molar-refractivity contribution in [1.29, 1.82) is 0 Å². The fourth-order valence-corrected chi connectivity index (χ4v) is 5.98. The monoisotopic (exact) mass is 501 g/mol. The number of amides is 1. The molecule has 3 N–H and O–H groups in total. The summed E-state index contributed by atoms with van der Waals surface area (Å²) in [6, 6.07) is 8.16. The van der Waals surface area contributed by atoms with E-state index in [4.69, 9.17) is 5.73 Å². The molecule has 1 unspecified atom stereocenters. The van der Waals surface area contributed by atoms with Crippen molar-refractivity contribution in [2.75, 3.05) is 16.8 Å². The Balaban J connectivity index is 1.78. The SMILES string of the molecule is CC1CN(c2nccc(S(=O)(=O)c3cccc(Nc4cc(F)cc(F)c4)n3)c2C(N)=O)C(C)(C)C1. The molecule has 2 aromatic heterocycles. The van der Waals surface area contributed by atoms with Crippen LogP contribution in [0.4, 0.5) is 26.1 Å². The Hall–Kier alpha value is -3.60. The first-order chi connectivity index (χ1) is 16.4. The zero-order valence-corrected chi connectivity index (χ0v) is 20.2. The molecule has 4 rings (SSSR count). The van der Waals surface area contributed by atoms with Gasteiger partial charge in [0.25, 0.3) is 5.91 Å². The van der Waals surface area contributed by atoms with Crippen molar-refractivity contribution in [3.63, 3.8) is 0 Å². The lowest BCUT2D eigenvalue weighted by molar-refractivity contribution is 0.0997. The summed E-state index contributed by atoms with van der Waals surface area (Å²) < 4.78 is 54.3. The zero-order valence-electron chi connectivity index (χ0n) is 19.4. The van der Waals surface area contributed by atoms with Crippen LogP contribution in [-0.4, -0.2) is 36.4 Å². The minimum absolute atomic E-state index is 0.0421. The van der Waals surface area contributed by atoms with Crippen LogP contribution in [0.3, 0.4) is 0 Å². The van der Waals surface area contributed by atoms with Crippen LogP contribution in [0, 0.1) is 17.6 Å². The van der Waals surface area contributed by atoms with Crippen LogP contribution < -0.4 is 16.0 Å². The zero-order chi connectivity index (χ0) is 25.5. The van der Waals surface area contributed by atoms with Crippen LogP contribution in [-0.2, 0) is 9.84 Å². The molecular weight excluding hydrogens is 476 g/mol. The summed E-state index contributed by atoms with van der Waals surface area (Å²) in [7, 11) is -4.32. The van der Waals surface area contributed by atoms with E-state index in [2.05, 4.69) is 22.2 Å². The van der Waals surface area contributed by atoms with E-state index >= 15 is 0 Å². The van der Waals surface area contributed by atoms with E-state index in [1.165, 1.54) is 30.5 Å². The largest absolute Gasteiger partial charge is 0.365 e. The van der Waals surface area contributed by atoms with Gasteiger partial charge in [0, 0.05) is 30.0 Å². The Morgan fingerprint density at radius 3 is 2.46 bits per heavy atom. The van der Waals surface area contributed by atoms with Gasteiger partial charge in [0.15, 0.2) is 5.03 Å². The second-order valence-electron chi connectivity index (χ2n) is 9.25. The highest BCUT2D eigenvalue weighted by atomic mass is 32.2. The summed E-state index contributed by atoms with van der Waals surface area (Å²) >= 11 is 0. The van der Waals surface area contributed by atoms with E-state index in [0.29, 0.717) is 18.5 Å². The molecule has 8 nitrogen and oxygen atoms in total. The number of nitrogens with two attached hydrogens (primary N) is 1. The lowest BCUT2D eigenvalue weighted by atomic mass is 9.97. The lowest BCUT2D eigenvalue weighted by Gasteiger charge is -2.33. The van der Waals surface area contributed by atoms with Gasteiger partial charge in [-0.1, -0.05) is 13.0 Å². The molecule has 184 valence electrons. The molecule has 0 spiro atoms. The van der Waals surface area contributed by atoms with Crippen molar-refractivity contribution in [3.8, 4) is 0 Å². The van der Waals surface area contributed by atoms with Crippen LogP contribution in [0.15, 0.2) is 58.6 Å². The van der Waals surface area contributed by atoms with Gasteiger partial charge < -0.3 is 16.0 Å². The number of carbonyl (C=O) groups excluding carboxylic acids is 1. The summed E-state index contributed by atoms with van der Waals surface area (Å²) in [4.78, 5) is 22.6. The summed E-state index contributed by atoms with van der Waals surface area (Å²) in [5, 5.41) is 2.32. The van der Waals surface area contributed by atoms with Crippen LogP contribution in [0.2, 0.25) is 0 Å². The Labute approximate surface area is 202 Å². The number of benzene rings is 1. The predicted molar refractivity (Wildman–Crippen MR) is 127 cm³/mol. The van der Waals surface area contributed by atoms with E-state index in [9.17, 15) is 22.0 Å². The molecule has 3 heterocycles. The first-order valence-corrected chi connectivity index (χ1v) is 12.4. The van der Waals surface area contributed by atoms with Gasteiger partial charge in [-0.3, -0.25) is 4.79 Å². The number of aromatic nitrogens is 2. The first kappa shape index (κ1) is 24.5. The number of hydrogen-bond donors (Lipinski definition) is 2. The number of hydrogen-bond acceptors (Lipinski definition) is 7. The number of pyridine rings is 2. The van der Waals surface area contributed by atoms with E-state index in [0.717, 1.165) is 18.6 Å². The van der Waals surface area contributed by atoms with Gasteiger partial charge >= 0.3 is 0 Å². The standard InChI is InChI=1S/C24H25F2N5O3S/c1-14-12-24(2,3)31(13-14)23-21(22(27)32)18(7-8-28-23)35(33,34)20-6-4-5-19(30-20)29-17-10-15(25)9-16(26)11-17/h4-11,14H,12-13H2,1-3H3,(H2,27,32)(H,29,30). The summed E-state index contributed by atoms with van der Waals surface area (Å²) in [6.07, 6.45) is 2.16. The van der Waals surface area contributed by atoms with E-state index in [1.54, 1.807) is 0 Å². The van der Waals surface area contributed by atoms with Gasteiger partial charge in [-0.2, -0.15) is 0 Å². The van der Waals surface area contributed by atoms with Crippen LogP contribution in [0.25, 0.3) is 0 Å². The van der Waals surface area contributed by atoms with Crippen LogP contribution in [0.1, 0.15) is 37.6 Å². The molecule has 35 heavy (non-hydrogen) atoms. The molecule has 0 saturated carbocycles. The van der Waals surface area contributed by atoms with Crippen molar-refractivity contribution in [1.82, 2.24) is 9.97 Å². The molecule has 0 aliphatic carbocycles. The molecule has 1 aliphatic heterocycles. The molecule has 1 saturated heterocycles. The molecule has 1 atom stereocenters. The predicted octanol–water partition coefficient (Wildman–Crippen LogP) is 4.05. The maximum atomic E-state index is 13.6. The summed E-state index contributed by atoms with van der Waals surface area (Å²) in [5.74, 6) is -1.97. The number of nitrogens with zero attached hydrogens (tertiary/aromatic N) is 3. The van der Waals surface area contributed by atoms with Crippen molar-refractivity contribution in [2.45, 2.75) is 42.7 Å². The maximum Gasteiger partial charge on any atom is 0.253 e. The van der Waals surface area contributed by atoms with Gasteiger partial charge in [0.1, 0.15) is 28.8 Å². The highest BCUT2D eigenvalue weighted by Gasteiger charge is 2.40. The number of nitrogens with one attached hydrogen (secondary N) is 1. The number of carbonyl (C=O) groups is 1. The van der Waals surface area contributed by atoms with E-state index in [-0.39, 0.29) is 38.3 Å². The molecule has 0 radical (unpaired) electrons. The van der Waals surface area contributed by atoms with E-state index in [1.807, 2.05) is 18.7 Å². The average Bonchev–Trinajstić information content (AvgIpc) is 3.04. The normalized spacial score (nSPS) is 17.4. The van der Waals surface area contributed by atoms with Gasteiger partial charge in [-0.25, -0.2) is 27.2 Å². The van der Waals surface area contributed by atoms with Gasteiger partial charge in [0.05, 0.1) is 4.90 Å². The van der Waals surface area contributed by atoms with Crippen LogP contribution >= 0.6 is 0 Å². The topological polar surface area (TPSA) is 118 Å². The third-order valence-electron chi connectivity index (χ3n) is 5.89. The van der Waals surface area contributed by atoms with Crippen molar-refractivity contribution >= 4 is 33.1 Å². The van der Waals surface area contributed by atoms with Gasteiger partial charge in [-0.05, 0) is 56.5 Å². The first-order valence-electron chi connectivity index (χ1n) is 10.9. The molecule has 3 aromatic rings. The molecule has 1 fully saturated rings. The Bertz CT molecular complexity index is 1390. The quantitative estimate of drug-likeness (QED) is 0.523. The molecular formula is C24H25F2N5O3S. The summed E-state index contributed by atoms with van der Waals surface area (Å²) in [5.41, 5.74) is 5.16. The Kier molecular flexibility index (Phi) is 6.22.